The first-order chi connectivity index (χ1) is 9.70. The van der Waals surface area contributed by atoms with Crippen molar-refractivity contribution in [3.8, 4) is 0 Å². The quantitative estimate of drug-likeness (QED) is 0.832. The average molecular weight is 314 g/mol. The monoisotopic (exact) mass is 313 g/mol. The van der Waals surface area contributed by atoms with E-state index in [9.17, 15) is 0 Å². The van der Waals surface area contributed by atoms with Gasteiger partial charge in [-0.1, -0.05) is 29.3 Å². The first-order valence-electron chi connectivity index (χ1n) is 7.44. The Kier molecular flexibility index (Phi) is 4.28. The van der Waals surface area contributed by atoms with Crippen LogP contribution in [0.15, 0.2) is 18.2 Å². The summed E-state index contributed by atoms with van der Waals surface area (Å²) in [6.45, 7) is 5.89. The first kappa shape index (κ1) is 14.6. The van der Waals surface area contributed by atoms with Gasteiger partial charge in [0, 0.05) is 18.6 Å². The number of fused-ring (bicyclic) bond motifs is 1. The lowest BCUT2D eigenvalue weighted by molar-refractivity contribution is 0.134. The molecule has 1 aromatic rings. The molecule has 1 heterocycles. The summed E-state index contributed by atoms with van der Waals surface area (Å²) in [7, 11) is 0. The third kappa shape index (κ3) is 2.37. The van der Waals surface area contributed by atoms with Crippen LogP contribution in [0.25, 0.3) is 0 Å². The van der Waals surface area contributed by atoms with Gasteiger partial charge < -0.3 is 10.1 Å². The molecule has 0 aromatic heterocycles. The van der Waals surface area contributed by atoms with Gasteiger partial charge in [0.1, 0.15) is 0 Å². The summed E-state index contributed by atoms with van der Waals surface area (Å²) in [5, 5.41) is 4.82. The summed E-state index contributed by atoms with van der Waals surface area (Å²) in [5.74, 6) is 1.48. The lowest BCUT2D eigenvalue weighted by Crippen LogP contribution is -2.24. The number of halogens is 2. The number of hydrogen-bond donors (Lipinski definition) is 1. The van der Waals surface area contributed by atoms with Gasteiger partial charge in [-0.3, -0.25) is 0 Å². The number of piperidine rings is 1. The van der Waals surface area contributed by atoms with Crippen molar-refractivity contribution in [3.63, 3.8) is 0 Å². The molecule has 2 nitrogen and oxygen atoms in total. The predicted molar refractivity (Wildman–Crippen MR) is 83.7 cm³/mol. The molecule has 1 aliphatic heterocycles. The highest BCUT2D eigenvalue weighted by atomic mass is 35.5. The Morgan fingerprint density at radius 1 is 1.30 bits per heavy atom. The summed E-state index contributed by atoms with van der Waals surface area (Å²) in [6, 6.07) is 6.14. The van der Waals surface area contributed by atoms with Gasteiger partial charge in [0.15, 0.2) is 0 Å². The zero-order valence-corrected chi connectivity index (χ0v) is 13.3. The van der Waals surface area contributed by atoms with Crippen LogP contribution in [-0.2, 0) is 10.2 Å². The van der Waals surface area contributed by atoms with E-state index in [0.717, 1.165) is 38.6 Å². The molecule has 3 rings (SSSR count). The molecule has 1 aromatic carbocycles. The summed E-state index contributed by atoms with van der Waals surface area (Å²) in [4.78, 5) is 0. The summed E-state index contributed by atoms with van der Waals surface area (Å²) < 4.78 is 5.61. The van der Waals surface area contributed by atoms with Crippen LogP contribution in [0.4, 0.5) is 0 Å². The fraction of sp³-hybridized carbons (Fsp3) is 0.625. The molecule has 2 aliphatic rings. The molecule has 1 aliphatic carbocycles. The van der Waals surface area contributed by atoms with Crippen molar-refractivity contribution in [3.05, 3.63) is 33.8 Å². The molecule has 3 atom stereocenters. The van der Waals surface area contributed by atoms with Crippen LogP contribution in [0.3, 0.4) is 0 Å². The molecule has 1 saturated heterocycles. The van der Waals surface area contributed by atoms with Crippen molar-refractivity contribution in [1.29, 1.82) is 0 Å². The van der Waals surface area contributed by atoms with Gasteiger partial charge in [-0.05, 0) is 62.4 Å². The highest BCUT2D eigenvalue weighted by molar-refractivity contribution is 6.42. The zero-order valence-electron chi connectivity index (χ0n) is 11.8. The van der Waals surface area contributed by atoms with E-state index in [1.165, 1.54) is 12.0 Å². The highest BCUT2D eigenvalue weighted by Gasteiger charge is 2.64. The smallest absolute Gasteiger partial charge is 0.0595 e. The minimum Gasteiger partial charge on any atom is -0.382 e. The molecule has 0 radical (unpaired) electrons. The predicted octanol–water partition coefficient (Wildman–Crippen LogP) is 3.90. The van der Waals surface area contributed by atoms with Gasteiger partial charge in [-0.2, -0.15) is 0 Å². The zero-order chi connectivity index (χ0) is 14.2. The van der Waals surface area contributed by atoms with Crippen LogP contribution in [0.5, 0.6) is 0 Å². The largest absolute Gasteiger partial charge is 0.382 e. The van der Waals surface area contributed by atoms with E-state index in [1.807, 2.05) is 13.0 Å². The minimum atomic E-state index is 0.243. The van der Waals surface area contributed by atoms with Gasteiger partial charge in [0.05, 0.1) is 10.0 Å². The Labute approximate surface area is 130 Å². The molecule has 1 N–H and O–H groups in total. The topological polar surface area (TPSA) is 21.3 Å². The van der Waals surface area contributed by atoms with Crippen LogP contribution in [-0.4, -0.2) is 26.3 Å². The van der Waals surface area contributed by atoms with E-state index < -0.39 is 0 Å². The van der Waals surface area contributed by atoms with Crippen molar-refractivity contribution in [1.82, 2.24) is 5.32 Å². The molecule has 0 bridgehead atoms. The number of rotatable bonds is 5. The van der Waals surface area contributed by atoms with Gasteiger partial charge in [0.25, 0.3) is 0 Å². The normalized spacial score (nSPS) is 31.9. The maximum absolute atomic E-state index is 6.23. The van der Waals surface area contributed by atoms with E-state index in [4.69, 9.17) is 27.9 Å². The van der Waals surface area contributed by atoms with Crippen molar-refractivity contribution in [2.24, 2.45) is 11.8 Å². The molecular weight excluding hydrogens is 293 g/mol. The van der Waals surface area contributed by atoms with Crippen LogP contribution in [0.1, 0.15) is 25.3 Å². The van der Waals surface area contributed by atoms with Gasteiger partial charge in [0.2, 0.25) is 0 Å². The standard InChI is InChI=1S/C16H21Cl2NO/c1-2-20-8-6-16(12-5-7-19-10-13(12)16)11-3-4-14(17)15(18)9-11/h3-4,9,12-13,19H,2,5-8,10H2,1H3/t12?,13?,16-/m0/s1. The van der Waals surface area contributed by atoms with E-state index in [0.29, 0.717) is 16.0 Å². The van der Waals surface area contributed by atoms with Crippen molar-refractivity contribution >= 4 is 23.2 Å². The second-order valence-corrected chi connectivity index (χ2v) is 6.64. The van der Waals surface area contributed by atoms with Crippen LogP contribution >= 0.6 is 23.2 Å². The van der Waals surface area contributed by atoms with Crippen molar-refractivity contribution in [2.75, 3.05) is 26.3 Å². The second-order valence-electron chi connectivity index (χ2n) is 5.82. The summed E-state index contributed by atoms with van der Waals surface area (Å²) in [6.07, 6.45) is 2.33. The molecule has 0 amide bonds. The molecule has 20 heavy (non-hydrogen) atoms. The lowest BCUT2D eigenvalue weighted by Gasteiger charge is -2.19. The maximum Gasteiger partial charge on any atom is 0.0595 e. The van der Waals surface area contributed by atoms with E-state index in [1.54, 1.807) is 0 Å². The fourth-order valence-electron chi connectivity index (χ4n) is 4.02. The lowest BCUT2D eigenvalue weighted by atomic mass is 9.88. The second kappa shape index (κ2) is 5.84. The van der Waals surface area contributed by atoms with E-state index in [2.05, 4.69) is 17.4 Å². The molecule has 110 valence electrons. The average Bonchev–Trinajstić information content (AvgIpc) is 3.12. The molecule has 2 fully saturated rings. The minimum absolute atomic E-state index is 0.243. The number of nitrogens with one attached hydrogen (secondary N) is 1. The van der Waals surface area contributed by atoms with Gasteiger partial charge in [-0.15, -0.1) is 0 Å². The van der Waals surface area contributed by atoms with Crippen LogP contribution in [0.2, 0.25) is 10.0 Å². The van der Waals surface area contributed by atoms with Crippen molar-refractivity contribution < 1.29 is 4.74 Å². The van der Waals surface area contributed by atoms with Crippen LogP contribution in [0, 0.1) is 11.8 Å². The number of benzene rings is 1. The molecule has 4 heteroatoms. The number of ether oxygens (including phenoxy) is 1. The Morgan fingerprint density at radius 3 is 2.80 bits per heavy atom. The van der Waals surface area contributed by atoms with Crippen LogP contribution < -0.4 is 5.32 Å². The SMILES string of the molecule is CCOCC[C@]1(c2ccc(Cl)c(Cl)c2)C2CCNCC21. The Morgan fingerprint density at radius 2 is 2.15 bits per heavy atom. The Balaban J connectivity index is 1.87. The summed E-state index contributed by atoms with van der Waals surface area (Å²) >= 11 is 12.3. The maximum atomic E-state index is 6.23. The first-order valence-corrected chi connectivity index (χ1v) is 8.19. The highest BCUT2D eigenvalue weighted by Crippen LogP contribution is 2.64. The Bertz CT molecular complexity index is 479. The molecular formula is C16H21Cl2NO. The molecule has 0 spiro atoms. The van der Waals surface area contributed by atoms with Crippen molar-refractivity contribution in [2.45, 2.75) is 25.2 Å². The van der Waals surface area contributed by atoms with E-state index >= 15 is 0 Å². The van der Waals surface area contributed by atoms with Gasteiger partial charge >= 0.3 is 0 Å². The van der Waals surface area contributed by atoms with Gasteiger partial charge in [-0.25, -0.2) is 0 Å². The third-order valence-electron chi connectivity index (χ3n) is 5.02. The summed E-state index contributed by atoms with van der Waals surface area (Å²) in [5.41, 5.74) is 1.58. The Hall–Kier alpha value is -0.280. The number of hydrogen-bond acceptors (Lipinski definition) is 2. The fourth-order valence-corrected chi connectivity index (χ4v) is 4.32. The van der Waals surface area contributed by atoms with E-state index in [-0.39, 0.29) is 5.41 Å². The molecule has 1 saturated carbocycles. The third-order valence-corrected chi connectivity index (χ3v) is 5.76. The molecule has 2 unspecified atom stereocenters.